The Kier molecular flexibility index (Phi) is 5.65. The SMILES string of the molecule is Cc1ccc(-c2ccc(C(=O)NC(=S)Nc3ccc4nn(-c5ccccc5)nc4c3)o2)cc1C. The van der Waals surface area contributed by atoms with Gasteiger partial charge in [-0.3, -0.25) is 10.1 Å². The van der Waals surface area contributed by atoms with Gasteiger partial charge >= 0.3 is 0 Å². The Morgan fingerprint density at radius 3 is 2.47 bits per heavy atom. The molecule has 0 aliphatic carbocycles. The van der Waals surface area contributed by atoms with E-state index in [-0.39, 0.29) is 10.9 Å². The number of carbonyl (C=O) groups is 1. The third-order valence-electron chi connectivity index (χ3n) is 5.47. The summed E-state index contributed by atoms with van der Waals surface area (Å²) in [5.74, 6) is 0.376. The second-order valence-corrected chi connectivity index (χ2v) is 8.31. The van der Waals surface area contributed by atoms with Gasteiger partial charge in [0.15, 0.2) is 10.9 Å². The van der Waals surface area contributed by atoms with E-state index in [0.717, 1.165) is 22.3 Å². The number of fused-ring (bicyclic) bond motifs is 1. The maximum absolute atomic E-state index is 12.6. The van der Waals surface area contributed by atoms with Gasteiger partial charge in [-0.2, -0.15) is 4.80 Å². The minimum absolute atomic E-state index is 0.156. The Labute approximate surface area is 201 Å². The van der Waals surface area contributed by atoms with Crippen molar-refractivity contribution in [2.45, 2.75) is 13.8 Å². The highest BCUT2D eigenvalue weighted by Crippen LogP contribution is 2.24. The fourth-order valence-corrected chi connectivity index (χ4v) is 3.72. The summed E-state index contributed by atoms with van der Waals surface area (Å²) >= 11 is 5.32. The van der Waals surface area contributed by atoms with E-state index in [1.165, 1.54) is 5.56 Å². The molecule has 0 unspecified atom stereocenters. The van der Waals surface area contributed by atoms with Crippen molar-refractivity contribution in [2.75, 3.05) is 5.32 Å². The first-order chi connectivity index (χ1) is 16.5. The van der Waals surface area contributed by atoms with Crippen molar-refractivity contribution in [1.29, 1.82) is 0 Å². The molecule has 3 aromatic carbocycles. The fraction of sp³-hybridized carbons (Fsp3) is 0.0769. The molecule has 0 saturated heterocycles. The lowest BCUT2D eigenvalue weighted by atomic mass is 10.1. The van der Waals surface area contributed by atoms with Crippen LogP contribution in [0.2, 0.25) is 0 Å². The summed E-state index contributed by atoms with van der Waals surface area (Å²) in [4.78, 5) is 14.2. The van der Waals surface area contributed by atoms with Crippen molar-refractivity contribution in [2.24, 2.45) is 0 Å². The van der Waals surface area contributed by atoms with Crippen LogP contribution in [0.25, 0.3) is 28.0 Å². The molecule has 0 saturated carbocycles. The zero-order chi connectivity index (χ0) is 23.7. The van der Waals surface area contributed by atoms with Crippen LogP contribution in [0, 0.1) is 13.8 Å². The van der Waals surface area contributed by atoms with Gasteiger partial charge in [-0.1, -0.05) is 30.3 Å². The molecule has 2 N–H and O–H groups in total. The van der Waals surface area contributed by atoms with Crippen LogP contribution in [-0.4, -0.2) is 26.0 Å². The summed E-state index contributed by atoms with van der Waals surface area (Å²) in [6, 6.07) is 24.6. The van der Waals surface area contributed by atoms with Gasteiger partial charge in [0.05, 0.1) is 5.69 Å². The molecule has 5 rings (SSSR count). The number of anilines is 1. The lowest BCUT2D eigenvalue weighted by Crippen LogP contribution is -2.33. The van der Waals surface area contributed by atoms with Crippen LogP contribution in [0.5, 0.6) is 0 Å². The number of aryl methyl sites for hydroxylation is 2. The number of thiocarbonyl (C=S) groups is 1. The van der Waals surface area contributed by atoms with Gasteiger partial charge in [0.2, 0.25) is 0 Å². The van der Waals surface area contributed by atoms with Gasteiger partial charge in [0.25, 0.3) is 5.91 Å². The molecule has 0 aliphatic heterocycles. The molecule has 7 nitrogen and oxygen atoms in total. The number of carbonyl (C=O) groups excluding carboxylic acids is 1. The van der Waals surface area contributed by atoms with E-state index in [2.05, 4.69) is 27.8 Å². The first-order valence-corrected chi connectivity index (χ1v) is 11.1. The second kappa shape index (κ2) is 8.92. The Bertz CT molecular complexity index is 1520. The zero-order valence-corrected chi connectivity index (χ0v) is 19.4. The van der Waals surface area contributed by atoms with Crippen molar-refractivity contribution in [1.82, 2.24) is 20.3 Å². The number of nitrogens with one attached hydrogen (secondary N) is 2. The van der Waals surface area contributed by atoms with E-state index in [9.17, 15) is 4.79 Å². The van der Waals surface area contributed by atoms with Gasteiger partial charge in [-0.25, -0.2) is 0 Å². The lowest BCUT2D eigenvalue weighted by molar-refractivity contribution is 0.0951. The quantitative estimate of drug-likeness (QED) is 0.343. The third kappa shape index (κ3) is 4.44. The fourth-order valence-electron chi connectivity index (χ4n) is 3.51. The Morgan fingerprint density at radius 2 is 1.68 bits per heavy atom. The van der Waals surface area contributed by atoms with Gasteiger partial charge in [-0.05, 0) is 85.7 Å². The molecule has 0 radical (unpaired) electrons. The van der Waals surface area contributed by atoms with Gasteiger partial charge in [-0.15, -0.1) is 10.2 Å². The van der Waals surface area contributed by atoms with E-state index in [4.69, 9.17) is 16.6 Å². The van der Waals surface area contributed by atoms with Crippen LogP contribution in [0.1, 0.15) is 21.7 Å². The van der Waals surface area contributed by atoms with E-state index in [1.54, 1.807) is 16.9 Å². The molecule has 0 bridgehead atoms. The summed E-state index contributed by atoms with van der Waals surface area (Å²) in [6.07, 6.45) is 0. The average Bonchev–Trinajstić information content (AvgIpc) is 3.49. The maximum atomic E-state index is 12.6. The number of aromatic nitrogens is 3. The molecular weight excluding hydrogens is 446 g/mol. The van der Waals surface area contributed by atoms with Gasteiger partial charge < -0.3 is 9.73 Å². The largest absolute Gasteiger partial charge is 0.451 e. The highest BCUT2D eigenvalue weighted by Gasteiger charge is 2.15. The molecule has 2 heterocycles. The van der Waals surface area contributed by atoms with Crippen molar-refractivity contribution in [3.63, 3.8) is 0 Å². The average molecular weight is 468 g/mol. The van der Waals surface area contributed by atoms with E-state index in [0.29, 0.717) is 17.0 Å². The number of benzene rings is 3. The van der Waals surface area contributed by atoms with Crippen molar-refractivity contribution in [3.8, 4) is 17.0 Å². The predicted octanol–water partition coefficient (Wildman–Crippen LogP) is 5.42. The number of para-hydroxylation sites is 1. The number of hydrogen-bond acceptors (Lipinski definition) is 5. The van der Waals surface area contributed by atoms with Crippen LogP contribution < -0.4 is 10.6 Å². The standard InChI is InChI=1S/C26H21N5O2S/c1-16-8-9-18(14-17(16)2)23-12-13-24(33-23)25(32)28-26(34)27-19-10-11-21-22(15-19)30-31(29-21)20-6-4-3-5-7-20/h3-15H,1-2H3,(H2,27,28,32,34). The molecule has 168 valence electrons. The van der Waals surface area contributed by atoms with E-state index < -0.39 is 5.91 Å². The number of rotatable bonds is 4. The zero-order valence-electron chi connectivity index (χ0n) is 18.6. The first kappa shape index (κ1) is 21.5. The molecule has 0 aliphatic rings. The number of furan rings is 1. The summed E-state index contributed by atoms with van der Waals surface area (Å²) in [5, 5.41) is 14.8. The molecule has 8 heteroatoms. The van der Waals surface area contributed by atoms with Crippen LogP contribution in [-0.2, 0) is 0 Å². The molecule has 0 spiro atoms. The minimum atomic E-state index is -0.427. The Morgan fingerprint density at radius 1 is 0.882 bits per heavy atom. The van der Waals surface area contributed by atoms with Crippen LogP contribution in [0.15, 0.2) is 83.3 Å². The second-order valence-electron chi connectivity index (χ2n) is 7.90. The highest BCUT2D eigenvalue weighted by atomic mass is 32.1. The number of hydrogen-bond donors (Lipinski definition) is 2. The van der Waals surface area contributed by atoms with Crippen LogP contribution >= 0.6 is 12.2 Å². The molecule has 0 atom stereocenters. The monoisotopic (exact) mass is 467 g/mol. The third-order valence-corrected chi connectivity index (χ3v) is 5.68. The van der Waals surface area contributed by atoms with E-state index in [1.807, 2.05) is 73.7 Å². The topological polar surface area (TPSA) is 85.0 Å². The lowest BCUT2D eigenvalue weighted by Gasteiger charge is -2.08. The summed E-state index contributed by atoms with van der Waals surface area (Å²) in [5.41, 5.74) is 6.28. The Balaban J connectivity index is 1.26. The molecule has 34 heavy (non-hydrogen) atoms. The van der Waals surface area contributed by atoms with Crippen molar-refractivity contribution < 1.29 is 9.21 Å². The summed E-state index contributed by atoms with van der Waals surface area (Å²) in [6.45, 7) is 4.09. The minimum Gasteiger partial charge on any atom is -0.451 e. The number of amides is 1. The van der Waals surface area contributed by atoms with Crippen molar-refractivity contribution >= 4 is 40.0 Å². The highest BCUT2D eigenvalue weighted by molar-refractivity contribution is 7.80. The van der Waals surface area contributed by atoms with Crippen molar-refractivity contribution in [3.05, 3.63) is 95.7 Å². The first-order valence-electron chi connectivity index (χ1n) is 10.7. The van der Waals surface area contributed by atoms with E-state index >= 15 is 0 Å². The normalized spacial score (nSPS) is 10.9. The maximum Gasteiger partial charge on any atom is 0.293 e. The Hall–Kier alpha value is -4.30. The molecule has 0 fully saturated rings. The molecular formula is C26H21N5O2S. The van der Waals surface area contributed by atoms with Gasteiger partial charge in [0.1, 0.15) is 16.8 Å². The van der Waals surface area contributed by atoms with Gasteiger partial charge in [0, 0.05) is 11.3 Å². The molecule has 1 amide bonds. The van der Waals surface area contributed by atoms with Crippen LogP contribution in [0.4, 0.5) is 5.69 Å². The molecule has 5 aromatic rings. The van der Waals surface area contributed by atoms with Crippen LogP contribution in [0.3, 0.4) is 0 Å². The summed E-state index contributed by atoms with van der Waals surface area (Å²) < 4.78 is 5.76. The summed E-state index contributed by atoms with van der Waals surface area (Å²) in [7, 11) is 0. The smallest absolute Gasteiger partial charge is 0.293 e. The molecule has 2 aromatic heterocycles. The predicted molar refractivity (Wildman–Crippen MR) is 136 cm³/mol. The number of nitrogens with zero attached hydrogens (tertiary/aromatic N) is 3.